The number of thiazole rings is 1. The number of hydrogen-bond acceptors (Lipinski definition) is 8. The zero-order valence-electron chi connectivity index (χ0n) is 22.5. The van der Waals surface area contributed by atoms with Crippen molar-refractivity contribution < 1.29 is 37.1 Å². The number of para-hydroxylation sites is 1. The molecular weight excluding hydrogens is 595 g/mol. The number of alkyl halides is 3. The Kier molecular flexibility index (Phi) is 7.56. The van der Waals surface area contributed by atoms with Crippen LogP contribution in [-0.2, 0) is 37.3 Å². The average Bonchev–Trinajstić information content (AvgIpc) is 3.37. The van der Waals surface area contributed by atoms with Gasteiger partial charge in [0.25, 0.3) is 0 Å². The van der Waals surface area contributed by atoms with Gasteiger partial charge in [-0.05, 0) is 43.3 Å². The van der Waals surface area contributed by atoms with Crippen LogP contribution in [0.25, 0.3) is 0 Å². The van der Waals surface area contributed by atoms with Crippen LogP contribution in [-0.4, -0.2) is 40.1 Å². The van der Waals surface area contributed by atoms with Gasteiger partial charge in [-0.3, -0.25) is 23.7 Å². The Labute approximate surface area is 245 Å². The SMILES string of the molecule is CCOC(=O)c1ccc(N2C(=O)[C@H]3Sc4c(sc(=O)n4CC(=O)Nc4ccccc4C(F)(F)F)C(C)(C)[C@H]3C2=O)cc1. The summed E-state index contributed by atoms with van der Waals surface area (Å²) in [4.78, 5) is 66.1. The first kappa shape index (κ1) is 29.6. The van der Waals surface area contributed by atoms with Gasteiger partial charge in [-0.25, -0.2) is 9.69 Å². The number of rotatable bonds is 6. The Balaban J connectivity index is 1.42. The molecule has 0 aliphatic carbocycles. The Bertz CT molecular complexity index is 1660. The lowest BCUT2D eigenvalue weighted by molar-refractivity contribution is -0.137. The van der Waals surface area contributed by atoms with E-state index in [4.69, 9.17) is 4.74 Å². The first-order valence-corrected chi connectivity index (χ1v) is 14.5. The van der Waals surface area contributed by atoms with Crippen LogP contribution in [0.1, 0.15) is 41.6 Å². The third-order valence-corrected chi connectivity index (χ3v) is 9.97. The lowest BCUT2D eigenvalue weighted by Gasteiger charge is -2.36. The van der Waals surface area contributed by atoms with Gasteiger partial charge in [0.05, 0.1) is 40.1 Å². The van der Waals surface area contributed by atoms with E-state index >= 15 is 0 Å². The predicted molar refractivity (Wildman–Crippen MR) is 150 cm³/mol. The van der Waals surface area contributed by atoms with Gasteiger partial charge < -0.3 is 10.1 Å². The lowest BCUT2D eigenvalue weighted by Crippen LogP contribution is -2.42. The van der Waals surface area contributed by atoms with Gasteiger partial charge in [-0.2, -0.15) is 13.2 Å². The normalized spacial score (nSPS) is 19.3. The van der Waals surface area contributed by atoms with Crippen molar-refractivity contribution in [1.29, 1.82) is 0 Å². The van der Waals surface area contributed by atoms with Crippen molar-refractivity contribution in [3.05, 3.63) is 74.2 Å². The van der Waals surface area contributed by atoms with Crippen molar-refractivity contribution in [2.24, 2.45) is 5.92 Å². The van der Waals surface area contributed by atoms with Gasteiger partial charge >= 0.3 is 17.0 Å². The highest BCUT2D eigenvalue weighted by atomic mass is 32.2. The molecule has 3 amide bonds. The highest BCUT2D eigenvalue weighted by molar-refractivity contribution is 8.00. The van der Waals surface area contributed by atoms with Crippen LogP contribution in [0, 0.1) is 5.92 Å². The molecule has 3 aromatic rings. The van der Waals surface area contributed by atoms with Crippen LogP contribution in [0.2, 0.25) is 0 Å². The molecule has 220 valence electrons. The number of nitrogens with zero attached hydrogens (tertiary/aromatic N) is 2. The van der Waals surface area contributed by atoms with Crippen molar-refractivity contribution in [3.8, 4) is 0 Å². The molecule has 0 bridgehead atoms. The molecular formula is C28H24F3N3O6S2. The fraction of sp³-hybridized carbons (Fsp3) is 0.321. The van der Waals surface area contributed by atoms with Crippen molar-refractivity contribution in [1.82, 2.24) is 4.57 Å². The highest BCUT2D eigenvalue weighted by Gasteiger charge is 2.59. The van der Waals surface area contributed by atoms with E-state index in [-0.39, 0.29) is 17.9 Å². The Morgan fingerprint density at radius 1 is 1.02 bits per heavy atom. The molecule has 5 rings (SSSR count). The molecule has 2 atom stereocenters. The van der Waals surface area contributed by atoms with E-state index in [0.29, 0.717) is 9.90 Å². The standard InChI is InChI=1S/C28H24F3N3O6S2/c1-4-40-25(38)14-9-11-15(12-10-14)34-22(36)19-20(23(34)37)41-24-21(27(19,2)3)42-26(39)33(24)13-18(35)32-17-8-6-5-7-16(17)28(29,30)31/h5-12,19-20H,4,13H2,1-3H3,(H,32,35)/t19-,20+/m1/s1. The molecule has 0 saturated carbocycles. The summed E-state index contributed by atoms with van der Waals surface area (Å²) in [5.41, 5.74) is -1.92. The molecule has 2 aromatic carbocycles. The summed E-state index contributed by atoms with van der Waals surface area (Å²) in [6, 6.07) is 10.4. The number of benzene rings is 2. The topological polar surface area (TPSA) is 115 Å². The summed E-state index contributed by atoms with van der Waals surface area (Å²) in [5, 5.41) is 1.63. The summed E-state index contributed by atoms with van der Waals surface area (Å²) in [5.74, 6) is -3.21. The van der Waals surface area contributed by atoms with Gasteiger partial charge in [0.15, 0.2) is 0 Å². The van der Waals surface area contributed by atoms with Gasteiger partial charge in [0, 0.05) is 10.3 Å². The number of carbonyl (C=O) groups is 4. The number of anilines is 2. The molecule has 42 heavy (non-hydrogen) atoms. The maximum absolute atomic E-state index is 13.6. The number of esters is 1. The number of fused-ring (bicyclic) bond motifs is 2. The summed E-state index contributed by atoms with van der Waals surface area (Å²) >= 11 is 1.82. The van der Waals surface area contributed by atoms with Gasteiger partial charge in [-0.1, -0.05) is 49.1 Å². The molecule has 1 aromatic heterocycles. The zero-order chi connectivity index (χ0) is 30.6. The Hall–Kier alpha value is -3.91. The molecule has 1 fully saturated rings. The van der Waals surface area contributed by atoms with Crippen molar-refractivity contribution in [2.45, 2.75) is 49.2 Å². The number of hydrogen-bond donors (Lipinski definition) is 1. The fourth-order valence-corrected chi connectivity index (χ4v) is 8.19. The van der Waals surface area contributed by atoms with E-state index < -0.39 is 69.1 Å². The third-order valence-electron chi connectivity index (χ3n) is 7.15. The molecule has 14 heteroatoms. The first-order chi connectivity index (χ1) is 19.8. The summed E-state index contributed by atoms with van der Waals surface area (Å²) < 4.78 is 46.3. The smallest absolute Gasteiger partial charge is 0.418 e. The quantitative estimate of drug-likeness (QED) is 0.315. The third kappa shape index (κ3) is 5.02. The van der Waals surface area contributed by atoms with Crippen LogP contribution in [0.3, 0.4) is 0 Å². The lowest BCUT2D eigenvalue weighted by atomic mass is 9.76. The zero-order valence-corrected chi connectivity index (χ0v) is 24.1. The minimum Gasteiger partial charge on any atom is -0.462 e. The summed E-state index contributed by atoms with van der Waals surface area (Å²) in [6.45, 7) is 4.76. The van der Waals surface area contributed by atoms with Gasteiger partial charge in [-0.15, -0.1) is 0 Å². The second-order valence-electron chi connectivity index (χ2n) is 10.2. The summed E-state index contributed by atoms with van der Waals surface area (Å²) in [7, 11) is 0. The molecule has 0 radical (unpaired) electrons. The molecule has 1 saturated heterocycles. The number of amides is 3. The highest BCUT2D eigenvalue weighted by Crippen LogP contribution is 2.54. The molecule has 1 N–H and O–H groups in total. The van der Waals surface area contributed by atoms with Crippen LogP contribution in [0.5, 0.6) is 0 Å². The van der Waals surface area contributed by atoms with Crippen LogP contribution in [0.15, 0.2) is 58.4 Å². The van der Waals surface area contributed by atoms with Gasteiger partial charge in [0.2, 0.25) is 17.7 Å². The van der Waals surface area contributed by atoms with Crippen molar-refractivity contribution in [2.75, 3.05) is 16.8 Å². The van der Waals surface area contributed by atoms with E-state index in [0.717, 1.165) is 44.7 Å². The molecule has 3 heterocycles. The Morgan fingerprint density at radius 3 is 2.33 bits per heavy atom. The molecule has 2 aliphatic rings. The van der Waals surface area contributed by atoms with Crippen LogP contribution >= 0.6 is 23.1 Å². The van der Waals surface area contributed by atoms with E-state index in [1.54, 1.807) is 20.8 Å². The minimum atomic E-state index is -4.70. The number of thioether (sulfide) groups is 1. The average molecular weight is 620 g/mol. The van der Waals surface area contributed by atoms with Crippen LogP contribution < -0.4 is 15.1 Å². The molecule has 0 unspecified atom stereocenters. The van der Waals surface area contributed by atoms with Gasteiger partial charge in [0.1, 0.15) is 11.8 Å². The Morgan fingerprint density at radius 2 is 1.69 bits per heavy atom. The largest absolute Gasteiger partial charge is 0.462 e. The maximum Gasteiger partial charge on any atom is 0.418 e. The number of carbonyl (C=O) groups excluding carboxylic acids is 4. The number of halogens is 3. The molecule has 0 spiro atoms. The van der Waals surface area contributed by atoms with E-state index in [1.165, 1.54) is 36.4 Å². The van der Waals surface area contributed by atoms with Crippen molar-refractivity contribution >= 4 is 58.2 Å². The molecule has 2 aliphatic heterocycles. The van der Waals surface area contributed by atoms with E-state index in [9.17, 15) is 37.1 Å². The number of nitrogens with one attached hydrogen (secondary N) is 1. The maximum atomic E-state index is 13.6. The van der Waals surface area contributed by atoms with Crippen molar-refractivity contribution in [3.63, 3.8) is 0 Å². The first-order valence-electron chi connectivity index (χ1n) is 12.8. The number of imide groups is 1. The monoisotopic (exact) mass is 619 g/mol. The summed E-state index contributed by atoms with van der Waals surface area (Å²) in [6.07, 6.45) is -4.70. The minimum absolute atomic E-state index is 0.192. The fourth-order valence-electron chi connectivity index (χ4n) is 5.15. The second-order valence-corrected chi connectivity index (χ2v) is 12.3. The second kappa shape index (κ2) is 10.7. The van der Waals surface area contributed by atoms with E-state index in [1.807, 2.05) is 0 Å². The van der Waals surface area contributed by atoms with Crippen LogP contribution in [0.4, 0.5) is 24.5 Å². The number of ether oxygens (including phenoxy) is 1. The number of aromatic nitrogens is 1. The van der Waals surface area contributed by atoms with E-state index in [2.05, 4.69) is 5.32 Å². The molecule has 9 nitrogen and oxygen atoms in total. The predicted octanol–water partition coefficient (Wildman–Crippen LogP) is 4.69.